The first-order valence-corrected chi connectivity index (χ1v) is 9.44. The van der Waals surface area contributed by atoms with Crippen molar-refractivity contribution in [2.75, 3.05) is 18.8 Å². The van der Waals surface area contributed by atoms with Crippen molar-refractivity contribution in [3.8, 4) is 5.82 Å². The molecule has 7 heteroatoms. The molecule has 3 heterocycles. The standard InChI is InChI=1S/C17H21N3O2S2/c1-11-8-14(13(3)20(11)16-9-12(2)22-18-16)15(21)10-24-17(23)19-6-4-5-7-19/h8-9H,4-7,10H2,1-3H3. The van der Waals surface area contributed by atoms with Gasteiger partial charge in [0.1, 0.15) is 10.1 Å². The largest absolute Gasteiger partial charge is 0.360 e. The van der Waals surface area contributed by atoms with Crippen LogP contribution >= 0.6 is 24.0 Å². The van der Waals surface area contributed by atoms with Gasteiger partial charge in [-0.3, -0.25) is 9.36 Å². The summed E-state index contributed by atoms with van der Waals surface area (Å²) in [5, 5.41) is 4.05. The van der Waals surface area contributed by atoms with Crippen LogP contribution in [0.15, 0.2) is 16.7 Å². The molecule has 1 aliphatic heterocycles. The first-order chi connectivity index (χ1) is 11.5. The number of hydrogen-bond donors (Lipinski definition) is 0. The van der Waals surface area contributed by atoms with Crippen molar-refractivity contribution in [2.45, 2.75) is 33.6 Å². The van der Waals surface area contributed by atoms with Crippen LogP contribution in [0.3, 0.4) is 0 Å². The predicted octanol–water partition coefficient (Wildman–Crippen LogP) is 3.69. The quantitative estimate of drug-likeness (QED) is 0.610. The third kappa shape index (κ3) is 3.42. The molecule has 3 rings (SSSR count). The lowest BCUT2D eigenvalue weighted by Gasteiger charge is -2.17. The summed E-state index contributed by atoms with van der Waals surface area (Å²) in [5.41, 5.74) is 2.58. The number of aryl methyl sites for hydroxylation is 2. The Morgan fingerprint density at radius 3 is 2.62 bits per heavy atom. The summed E-state index contributed by atoms with van der Waals surface area (Å²) in [4.78, 5) is 14.8. The Hall–Kier alpha value is -1.60. The van der Waals surface area contributed by atoms with E-state index in [2.05, 4.69) is 10.1 Å². The first kappa shape index (κ1) is 17.2. The summed E-state index contributed by atoms with van der Waals surface area (Å²) in [6, 6.07) is 3.78. The lowest BCUT2D eigenvalue weighted by atomic mass is 10.2. The van der Waals surface area contributed by atoms with Crippen LogP contribution in [0.5, 0.6) is 0 Å². The van der Waals surface area contributed by atoms with Crippen molar-refractivity contribution in [2.24, 2.45) is 0 Å². The molecule has 128 valence electrons. The molecule has 0 radical (unpaired) electrons. The fourth-order valence-electron chi connectivity index (χ4n) is 3.05. The topological polar surface area (TPSA) is 51.3 Å². The summed E-state index contributed by atoms with van der Waals surface area (Å²) in [5.74, 6) is 1.93. The molecule has 0 bridgehead atoms. The number of nitrogens with zero attached hydrogens (tertiary/aromatic N) is 3. The maximum Gasteiger partial charge on any atom is 0.180 e. The number of thiocarbonyl (C=S) groups is 1. The molecule has 1 saturated heterocycles. The van der Waals surface area contributed by atoms with Gasteiger partial charge in [0.2, 0.25) is 0 Å². The lowest BCUT2D eigenvalue weighted by Crippen LogP contribution is -2.24. The van der Waals surface area contributed by atoms with Gasteiger partial charge < -0.3 is 9.42 Å². The van der Waals surface area contributed by atoms with Gasteiger partial charge in [-0.1, -0.05) is 29.1 Å². The fourth-order valence-corrected chi connectivity index (χ4v) is 4.19. The fraction of sp³-hybridized carbons (Fsp3) is 0.471. The summed E-state index contributed by atoms with van der Waals surface area (Å²) in [6.45, 7) is 7.79. The zero-order valence-corrected chi connectivity index (χ0v) is 15.8. The highest BCUT2D eigenvalue weighted by molar-refractivity contribution is 8.23. The van der Waals surface area contributed by atoms with E-state index in [1.165, 1.54) is 24.6 Å². The second-order valence-electron chi connectivity index (χ2n) is 6.09. The Kier molecular flexibility index (Phi) is 5.10. The maximum absolute atomic E-state index is 12.6. The SMILES string of the molecule is Cc1cc(-n2c(C)cc(C(=O)CSC(=S)N3CCCC3)c2C)no1. The van der Waals surface area contributed by atoms with E-state index in [0.29, 0.717) is 11.6 Å². The summed E-state index contributed by atoms with van der Waals surface area (Å²) in [6.07, 6.45) is 2.37. The van der Waals surface area contributed by atoms with Gasteiger partial charge in [0.05, 0.1) is 5.75 Å². The van der Waals surface area contributed by atoms with Crippen molar-refractivity contribution in [3.05, 3.63) is 34.8 Å². The highest BCUT2D eigenvalue weighted by atomic mass is 32.2. The van der Waals surface area contributed by atoms with E-state index >= 15 is 0 Å². The molecular weight excluding hydrogens is 342 g/mol. The first-order valence-electron chi connectivity index (χ1n) is 8.05. The molecule has 5 nitrogen and oxygen atoms in total. The van der Waals surface area contributed by atoms with Crippen LogP contribution in [0.2, 0.25) is 0 Å². The van der Waals surface area contributed by atoms with Crippen LogP contribution in [0.25, 0.3) is 5.82 Å². The number of rotatable bonds is 4. The van der Waals surface area contributed by atoms with Gasteiger partial charge in [-0.2, -0.15) is 0 Å². The molecular formula is C17H21N3O2S2. The van der Waals surface area contributed by atoms with Gasteiger partial charge in [0, 0.05) is 36.1 Å². The van der Waals surface area contributed by atoms with Gasteiger partial charge >= 0.3 is 0 Å². The van der Waals surface area contributed by atoms with Gasteiger partial charge in [-0.15, -0.1) is 0 Å². The van der Waals surface area contributed by atoms with E-state index in [1.54, 1.807) is 0 Å². The molecule has 0 amide bonds. The third-order valence-electron chi connectivity index (χ3n) is 4.27. The number of hydrogen-bond acceptors (Lipinski definition) is 5. The number of aromatic nitrogens is 2. The van der Waals surface area contributed by atoms with E-state index in [9.17, 15) is 4.79 Å². The van der Waals surface area contributed by atoms with E-state index in [1.807, 2.05) is 37.5 Å². The second kappa shape index (κ2) is 7.11. The predicted molar refractivity (Wildman–Crippen MR) is 100 cm³/mol. The maximum atomic E-state index is 12.6. The van der Waals surface area contributed by atoms with E-state index in [0.717, 1.165) is 40.1 Å². The molecule has 0 aromatic carbocycles. The summed E-state index contributed by atoms with van der Waals surface area (Å²) >= 11 is 6.90. The highest BCUT2D eigenvalue weighted by Gasteiger charge is 2.20. The number of thioether (sulfide) groups is 1. The van der Waals surface area contributed by atoms with Crippen molar-refractivity contribution >= 4 is 34.1 Å². The summed E-state index contributed by atoms with van der Waals surface area (Å²) < 4.78 is 7.94. The Labute approximate surface area is 151 Å². The Morgan fingerprint density at radius 1 is 1.29 bits per heavy atom. The lowest BCUT2D eigenvalue weighted by molar-refractivity contribution is 0.102. The molecule has 24 heavy (non-hydrogen) atoms. The van der Waals surface area contributed by atoms with Gasteiger partial charge in [-0.05, 0) is 39.7 Å². The second-order valence-corrected chi connectivity index (χ2v) is 7.70. The normalized spacial score (nSPS) is 14.4. The zero-order valence-electron chi connectivity index (χ0n) is 14.2. The summed E-state index contributed by atoms with van der Waals surface area (Å²) in [7, 11) is 0. The number of carbonyl (C=O) groups is 1. The highest BCUT2D eigenvalue weighted by Crippen LogP contribution is 2.23. The van der Waals surface area contributed by atoms with Gasteiger partial charge in [0.15, 0.2) is 11.6 Å². The Balaban J connectivity index is 1.72. The number of ketones is 1. The monoisotopic (exact) mass is 363 g/mol. The Bertz CT molecular complexity index is 773. The smallest absolute Gasteiger partial charge is 0.180 e. The molecule has 0 atom stereocenters. The molecule has 0 N–H and O–H groups in total. The molecule has 0 saturated carbocycles. The molecule has 1 fully saturated rings. The molecule has 2 aromatic heterocycles. The molecule has 0 spiro atoms. The van der Waals surface area contributed by atoms with E-state index in [4.69, 9.17) is 16.7 Å². The minimum atomic E-state index is 0.0983. The number of carbonyl (C=O) groups excluding carboxylic acids is 1. The average Bonchev–Trinajstić information content (AvgIpc) is 3.26. The average molecular weight is 364 g/mol. The molecule has 2 aromatic rings. The van der Waals surface area contributed by atoms with Crippen molar-refractivity contribution in [1.82, 2.24) is 14.6 Å². The van der Waals surface area contributed by atoms with Crippen LogP contribution in [-0.2, 0) is 0 Å². The number of likely N-dealkylation sites (tertiary alicyclic amines) is 1. The van der Waals surface area contributed by atoms with E-state index < -0.39 is 0 Å². The Morgan fingerprint density at radius 2 is 2.00 bits per heavy atom. The van der Waals surface area contributed by atoms with Crippen LogP contribution in [0.4, 0.5) is 0 Å². The van der Waals surface area contributed by atoms with Crippen molar-refractivity contribution < 1.29 is 9.32 Å². The molecule has 1 aliphatic rings. The van der Waals surface area contributed by atoms with Crippen LogP contribution in [-0.4, -0.2) is 43.6 Å². The van der Waals surface area contributed by atoms with Crippen LogP contribution in [0.1, 0.15) is 40.3 Å². The minimum Gasteiger partial charge on any atom is -0.360 e. The van der Waals surface area contributed by atoms with Crippen LogP contribution < -0.4 is 0 Å². The van der Waals surface area contributed by atoms with Crippen LogP contribution in [0, 0.1) is 20.8 Å². The van der Waals surface area contributed by atoms with E-state index in [-0.39, 0.29) is 5.78 Å². The number of Topliss-reactive ketones (excluding diaryl/α,β-unsaturated/α-hetero) is 1. The van der Waals surface area contributed by atoms with Gasteiger partial charge in [-0.25, -0.2) is 0 Å². The minimum absolute atomic E-state index is 0.0983. The zero-order chi connectivity index (χ0) is 17.3. The van der Waals surface area contributed by atoms with Crippen molar-refractivity contribution in [3.63, 3.8) is 0 Å². The molecule has 0 aliphatic carbocycles. The molecule has 0 unspecified atom stereocenters. The van der Waals surface area contributed by atoms with Gasteiger partial charge in [0.25, 0.3) is 0 Å². The van der Waals surface area contributed by atoms with Crippen molar-refractivity contribution in [1.29, 1.82) is 0 Å². The third-order valence-corrected chi connectivity index (χ3v) is 5.79.